The Bertz CT molecular complexity index is 258. The van der Waals surface area contributed by atoms with Gasteiger partial charge in [0.2, 0.25) is 0 Å². The van der Waals surface area contributed by atoms with Gasteiger partial charge in [0.1, 0.15) is 5.75 Å². The van der Waals surface area contributed by atoms with Crippen LogP contribution >= 0.6 is 11.6 Å². The molecule has 0 spiro atoms. The quantitative estimate of drug-likeness (QED) is 0.681. The van der Waals surface area contributed by atoms with Crippen LogP contribution in [-0.2, 0) is 0 Å². The summed E-state index contributed by atoms with van der Waals surface area (Å²) in [5.41, 5.74) is 0.495. The Labute approximate surface area is 70.1 Å². The zero-order chi connectivity index (χ0) is 8.43. The molecule has 0 heterocycles. The molecule has 60 valence electrons. The van der Waals surface area contributed by atoms with Crippen molar-refractivity contribution in [2.75, 3.05) is 0 Å². The van der Waals surface area contributed by atoms with E-state index in [4.69, 9.17) is 16.7 Å². The lowest BCUT2D eigenvalue weighted by Gasteiger charge is -2.06. The van der Waals surface area contributed by atoms with Crippen LogP contribution in [0, 0.1) is 0 Å². The van der Waals surface area contributed by atoms with E-state index in [9.17, 15) is 5.11 Å². The molecule has 2 nitrogen and oxygen atoms in total. The Morgan fingerprint density at radius 1 is 1.45 bits per heavy atom. The molecule has 3 heteroatoms. The minimum Gasteiger partial charge on any atom is -0.508 e. The number of aromatic hydroxyl groups is 1. The number of hydrogen-bond donors (Lipinski definition) is 2. The summed E-state index contributed by atoms with van der Waals surface area (Å²) in [5.74, 6) is 0.0347. The molecule has 1 aromatic rings. The van der Waals surface area contributed by atoms with E-state index in [1.54, 1.807) is 19.1 Å². The Kier molecular flexibility index (Phi) is 2.37. The van der Waals surface area contributed by atoms with E-state index in [1.165, 1.54) is 6.07 Å². The van der Waals surface area contributed by atoms with Crippen molar-refractivity contribution in [2.24, 2.45) is 0 Å². The smallest absolute Gasteiger partial charge is 0.122 e. The van der Waals surface area contributed by atoms with Crippen LogP contribution in [0.1, 0.15) is 18.6 Å². The zero-order valence-electron chi connectivity index (χ0n) is 6.08. The van der Waals surface area contributed by atoms with Crippen molar-refractivity contribution in [3.63, 3.8) is 0 Å². The Hall–Kier alpha value is -0.730. The highest BCUT2D eigenvalue weighted by atomic mass is 35.5. The topological polar surface area (TPSA) is 40.5 Å². The molecule has 0 fully saturated rings. The molecule has 0 aromatic heterocycles. The number of aliphatic hydroxyl groups excluding tert-OH is 1. The Morgan fingerprint density at radius 2 is 2.09 bits per heavy atom. The zero-order valence-corrected chi connectivity index (χ0v) is 6.84. The summed E-state index contributed by atoms with van der Waals surface area (Å²) in [5, 5.41) is 18.8. The molecule has 0 aliphatic heterocycles. The van der Waals surface area contributed by atoms with Crippen LogP contribution in [0.3, 0.4) is 0 Å². The summed E-state index contributed by atoms with van der Waals surface area (Å²) in [7, 11) is 0. The molecule has 0 saturated heterocycles. The predicted octanol–water partition coefficient (Wildman–Crippen LogP) is 2.10. The number of benzene rings is 1. The van der Waals surface area contributed by atoms with E-state index >= 15 is 0 Å². The first-order chi connectivity index (χ1) is 5.11. The molecule has 1 aromatic carbocycles. The third kappa shape index (κ3) is 1.85. The maximum Gasteiger partial charge on any atom is 0.122 e. The molecular weight excluding hydrogens is 164 g/mol. The highest BCUT2D eigenvalue weighted by Gasteiger charge is 2.06. The van der Waals surface area contributed by atoms with Gasteiger partial charge in [0.05, 0.1) is 6.10 Å². The van der Waals surface area contributed by atoms with Crippen LogP contribution in [0.15, 0.2) is 18.2 Å². The molecule has 1 atom stereocenters. The van der Waals surface area contributed by atoms with Gasteiger partial charge in [-0.3, -0.25) is 0 Å². The molecule has 0 aliphatic rings. The fourth-order valence-corrected chi connectivity index (χ4v) is 1.04. The van der Waals surface area contributed by atoms with E-state index in [2.05, 4.69) is 0 Å². The van der Waals surface area contributed by atoms with Gasteiger partial charge in [-0.15, -0.1) is 0 Å². The average Bonchev–Trinajstić information content (AvgIpc) is 1.85. The first kappa shape index (κ1) is 8.37. The van der Waals surface area contributed by atoms with Crippen LogP contribution in [0.25, 0.3) is 0 Å². The van der Waals surface area contributed by atoms with Crippen molar-refractivity contribution in [3.8, 4) is 5.75 Å². The van der Waals surface area contributed by atoms with Crippen LogP contribution in [0.2, 0.25) is 5.02 Å². The summed E-state index contributed by atoms with van der Waals surface area (Å²) < 4.78 is 0. The summed E-state index contributed by atoms with van der Waals surface area (Å²) in [4.78, 5) is 0. The summed E-state index contributed by atoms with van der Waals surface area (Å²) in [6.45, 7) is 1.59. The summed E-state index contributed by atoms with van der Waals surface area (Å²) in [6, 6.07) is 4.63. The molecule has 2 N–H and O–H groups in total. The van der Waals surface area contributed by atoms with E-state index in [0.29, 0.717) is 10.6 Å². The van der Waals surface area contributed by atoms with Crippen molar-refractivity contribution < 1.29 is 10.2 Å². The average molecular weight is 173 g/mol. The van der Waals surface area contributed by atoms with Crippen molar-refractivity contribution in [3.05, 3.63) is 28.8 Å². The number of phenolic OH excluding ortho intramolecular Hbond substituents is 1. The van der Waals surface area contributed by atoms with Crippen LogP contribution in [-0.4, -0.2) is 10.2 Å². The number of rotatable bonds is 1. The van der Waals surface area contributed by atoms with Gasteiger partial charge in [-0.25, -0.2) is 0 Å². The second-order valence-corrected chi connectivity index (χ2v) is 2.82. The van der Waals surface area contributed by atoms with Gasteiger partial charge in [-0.1, -0.05) is 17.7 Å². The van der Waals surface area contributed by atoms with Crippen molar-refractivity contribution in [1.29, 1.82) is 0 Å². The molecule has 0 unspecified atom stereocenters. The van der Waals surface area contributed by atoms with Crippen LogP contribution in [0.4, 0.5) is 0 Å². The van der Waals surface area contributed by atoms with Crippen molar-refractivity contribution in [1.82, 2.24) is 0 Å². The van der Waals surface area contributed by atoms with Gasteiger partial charge in [0.15, 0.2) is 0 Å². The summed E-state index contributed by atoms with van der Waals surface area (Å²) >= 11 is 5.58. The third-order valence-electron chi connectivity index (χ3n) is 1.44. The minimum atomic E-state index is -0.660. The van der Waals surface area contributed by atoms with Crippen molar-refractivity contribution >= 4 is 11.6 Å². The standard InChI is InChI=1S/C8H9ClO2/c1-5(10)7-3-2-6(9)4-8(7)11/h2-5,10-11H,1H3/t5-/m1/s1. The first-order valence-electron chi connectivity index (χ1n) is 3.27. The van der Waals surface area contributed by atoms with Crippen LogP contribution in [0.5, 0.6) is 5.75 Å². The molecule has 0 amide bonds. The molecule has 1 rings (SSSR count). The molecule has 11 heavy (non-hydrogen) atoms. The SMILES string of the molecule is C[C@@H](O)c1ccc(Cl)cc1O. The van der Waals surface area contributed by atoms with Crippen molar-refractivity contribution in [2.45, 2.75) is 13.0 Å². The lowest BCUT2D eigenvalue weighted by atomic mass is 10.1. The third-order valence-corrected chi connectivity index (χ3v) is 1.68. The highest BCUT2D eigenvalue weighted by molar-refractivity contribution is 6.30. The largest absolute Gasteiger partial charge is 0.508 e. The second kappa shape index (κ2) is 3.11. The fourth-order valence-electron chi connectivity index (χ4n) is 0.870. The minimum absolute atomic E-state index is 0.0347. The molecule has 0 bridgehead atoms. The molecular formula is C8H9ClO2. The first-order valence-corrected chi connectivity index (χ1v) is 3.65. The Morgan fingerprint density at radius 3 is 2.55 bits per heavy atom. The van der Waals surface area contributed by atoms with Gasteiger partial charge >= 0.3 is 0 Å². The van der Waals surface area contributed by atoms with Gasteiger partial charge in [-0.2, -0.15) is 0 Å². The van der Waals surface area contributed by atoms with Gasteiger partial charge < -0.3 is 10.2 Å². The van der Waals surface area contributed by atoms with E-state index in [-0.39, 0.29) is 5.75 Å². The molecule has 0 aliphatic carbocycles. The van der Waals surface area contributed by atoms with Gasteiger partial charge in [0.25, 0.3) is 0 Å². The summed E-state index contributed by atoms with van der Waals surface area (Å²) in [6.07, 6.45) is -0.660. The lowest BCUT2D eigenvalue weighted by molar-refractivity contribution is 0.195. The van der Waals surface area contributed by atoms with Gasteiger partial charge in [0, 0.05) is 10.6 Å². The predicted molar refractivity (Wildman–Crippen MR) is 43.8 cm³/mol. The monoisotopic (exact) mass is 172 g/mol. The highest BCUT2D eigenvalue weighted by Crippen LogP contribution is 2.26. The Balaban J connectivity index is 3.09. The van der Waals surface area contributed by atoms with Gasteiger partial charge in [-0.05, 0) is 19.1 Å². The molecule has 0 saturated carbocycles. The number of hydrogen-bond acceptors (Lipinski definition) is 2. The number of halogens is 1. The van der Waals surface area contributed by atoms with Crippen LogP contribution < -0.4 is 0 Å². The normalized spacial score (nSPS) is 13.0. The lowest BCUT2D eigenvalue weighted by Crippen LogP contribution is -1.90. The fraction of sp³-hybridized carbons (Fsp3) is 0.250. The van der Waals surface area contributed by atoms with E-state index < -0.39 is 6.10 Å². The number of phenols is 1. The number of aliphatic hydroxyl groups is 1. The van der Waals surface area contributed by atoms with E-state index in [0.717, 1.165) is 0 Å². The molecule has 0 radical (unpaired) electrons. The maximum absolute atomic E-state index is 9.22. The second-order valence-electron chi connectivity index (χ2n) is 2.38. The maximum atomic E-state index is 9.22. The van der Waals surface area contributed by atoms with E-state index in [1.807, 2.05) is 0 Å².